The van der Waals surface area contributed by atoms with E-state index in [-0.39, 0.29) is 18.4 Å². The quantitative estimate of drug-likeness (QED) is 0.706. The van der Waals surface area contributed by atoms with Crippen LogP contribution in [-0.4, -0.2) is 30.6 Å². The SMILES string of the molecule is CCC(CNC(=O)CC(C)c1ccc(OC)cc1)(C(=O)O)c1ccccc1. The molecule has 0 aliphatic rings. The third-order valence-electron chi connectivity index (χ3n) is 5.10. The van der Waals surface area contributed by atoms with Gasteiger partial charge in [-0.05, 0) is 35.6 Å². The van der Waals surface area contributed by atoms with Crippen LogP contribution in [-0.2, 0) is 15.0 Å². The van der Waals surface area contributed by atoms with Crippen LogP contribution in [0, 0.1) is 0 Å². The number of hydrogen-bond acceptors (Lipinski definition) is 3. The Morgan fingerprint density at radius 2 is 1.74 bits per heavy atom. The first-order valence-corrected chi connectivity index (χ1v) is 9.12. The molecule has 0 bridgehead atoms. The van der Waals surface area contributed by atoms with Crippen LogP contribution in [0.25, 0.3) is 0 Å². The van der Waals surface area contributed by atoms with Gasteiger partial charge in [0.15, 0.2) is 0 Å². The maximum Gasteiger partial charge on any atom is 0.315 e. The van der Waals surface area contributed by atoms with Crippen molar-refractivity contribution in [2.45, 2.75) is 38.0 Å². The lowest BCUT2D eigenvalue weighted by molar-refractivity contribution is -0.144. The average molecular weight is 369 g/mol. The fraction of sp³-hybridized carbons (Fsp3) is 0.364. The van der Waals surface area contributed by atoms with Gasteiger partial charge in [-0.15, -0.1) is 0 Å². The number of carbonyl (C=O) groups is 2. The van der Waals surface area contributed by atoms with Gasteiger partial charge in [-0.1, -0.05) is 56.3 Å². The molecule has 0 radical (unpaired) electrons. The highest BCUT2D eigenvalue weighted by Gasteiger charge is 2.39. The molecule has 0 fully saturated rings. The van der Waals surface area contributed by atoms with E-state index in [1.165, 1.54) is 0 Å². The van der Waals surface area contributed by atoms with Crippen LogP contribution in [0.2, 0.25) is 0 Å². The lowest BCUT2D eigenvalue weighted by Crippen LogP contribution is -2.46. The van der Waals surface area contributed by atoms with Gasteiger partial charge in [0.05, 0.1) is 7.11 Å². The fourth-order valence-corrected chi connectivity index (χ4v) is 3.19. The van der Waals surface area contributed by atoms with Crippen LogP contribution in [0.3, 0.4) is 0 Å². The zero-order valence-electron chi connectivity index (χ0n) is 16.1. The minimum absolute atomic E-state index is 0.0217. The molecule has 0 saturated heterocycles. The fourth-order valence-electron chi connectivity index (χ4n) is 3.19. The van der Waals surface area contributed by atoms with Crippen LogP contribution in [0.4, 0.5) is 0 Å². The van der Waals surface area contributed by atoms with Crippen molar-refractivity contribution in [3.8, 4) is 5.75 Å². The number of amides is 1. The van der Waals surface area contributed by atoms with E-state index < -0.39 is 11.4 Å². The molecule has 2 aromatic rings. The van der Waals surface area contributed by atoms with Crippen molar-refractivity contribution in [2.75, 3.05) is 13.7 Å². The molecule has 2 rings (SSSR count). The number of rotatable bonds is 9. The number of carboxylic acid groups (broad SMARTS) is 1. The number of carboxylic acids is 1. The summed E-state index contributed by atoms with van der Waals surface area (Å²) < 4.78 is 5.15. The van der Waals surface area contributed by atoms with Gasteiger partial charge in [0, 0.05) is 13.0 Å². The third-order valence-corrected chi connectivity index (χ3v) is 5.10. The summed E-state index contributed by atoms with van der Waals surface area (Å²) >= 11 is 0. The Bertz CT molecular complexity index is 758. The molecule has 0 saturated carbocycles. The van der Waals surface area contributed by atoms with E-state index in [0.29, 0.717) is 18.4 Å². The summed E-state index contributed by atoms with van der Waals surface area (Å²) in [6, 6.07) is 16.7. The molecule has 0 spiro atoms. The monoisotopic (exact) mass is 369 g/mol. The number of aliphatic carboxylic acids is 1. The molecule has 2 N–H and O–H groups in total. The average Bonchev–Trinajstić information content (AvgIpc) is 2.69. The number of nitrogens with one attached hydrogen (secondary N) is 1. The number of ether oxygens (including phenoxy) is 1. The summed E-state index contributed by atoms with van der Waals surface area (Å²) in [6.07, 6.45) is 0.682. The molecule has 0 aromatic heterocycles. The lowest BCUT2D eigenvalue weighted by Gasteiger charge is -2.29. The van der Waals surface area contributed by atoms with Gasteiger partial charge in [0.25, 0.3) is 0 Å². The van der Waals surface area contributed by atoms with Gasteiger partial charge in [0.1, 0.15) is 11.2 Å². The first-order chi connectivity index (χ1) is 12.9. The van der Waals surface area contributed by atoms with Crippen molar-refractivity contribution >= 4 is 11.9 Å². The molecular weight excluding hydrogens is 342 g/mol. The largest absolute Gasteiger partial charge is 0.497 e. The Balaban J connectivity index is 2.04. The first kappa shape index (κ1) is 20.5. The number of hydrogen-bond donors (Lipinski definition) is 2. The minimum Gasteiger partial charge on any atom is -0.497 e. The van der Waals surface area contributed by atoms with Gasteiger partial charge in [-0.3, -0.25) is 9.59 Å². The molecule has 27 heavy (non-hydrogen) atoms. The molecule has 0 aliphatic heterocycles. The highest BCUT2D eigenvalue weighted by Crippen LogP contribution is 2.28. The summed E-state index contributed by atoms with van der Waals surface area (Å²) in [7, 11) is 1.61. The standard InChI is InChI=1S/C22H27NO4/c1-4-22(21(25)26,18-8-6-5-7-9-18)15-23-20(24)14-16(2)17-10-12-19(27-3)13-11-17/h5-13,16H,4,14-15H2,1-3H3,(H,23,24)(H,25,26). The van der Waals surface area contributed by atoms with Crippen molar-refractivity contribution in [3.63, 3.8) is 0 Å². The molecule has 2 unspecified atom stereocenters. The molecule has 5 nitrogen and oxygen atoms in total. The minimum atomic E-state index is -1.12. The molecule has 0 heterocycles. The summed E-state index contributed by atoms with van der Waals surface area (Å²) in [5.41, 5.74) is 0.609. The van der Waals surface area contributed by atoms with Crippen LogP contribution in [0.15, 0.2) is 54.6 Å². The van der Waals surface area contributed by atoms with E-state index >= 15 is 0 Å². The summed E-state index contributed by atoms with van der Waals surface area (Å²) in [6.45, 7) is 3.87. The first-order valence-electron chi connectivity index (χ1n) is 9.12. The molecule has 0 aliphatic carbocycles. The van der Waals surface area contributed by atoms with Crippen molar-refractivity contribution in [2.24, 2.45) is 0 Å². The zero-order chi connectivity index (χ0) is 19.9. The van der Waals surface area contributed by atoms with E-state index in [4.69, 9.17) is 4.74 Å². The Labute approximate surface area is 160 Å². The summed E-state index contributed by atoms with van der Waals surface area (Å²) in [5.74, 6) is -0.297. The Morgan fingerprint density at radius 3 is 2.26 bits per heavy atom. The summed E-state index contributed by atoms with van der Waals surface area (Å²) in [4.78, 5) is 24.4. The van der Waals surface area contributed by atoms with E-state index in [9.17, 15) is 14.7 Å². The van der Waals surface area contributed by atoms with Crippen LogP contribution < -0.4 is 10.1 Å². The maximum absolute atomic E-state index is 12.4. The second-order valence-corrected chi connectivity index (χ2v) is 6.76. The summed E-state index contributed by atoms with van der Waals surface area (Å²) in [5, 5.41) is 12.7. The Hall–Kier alpha value is -2.82. The molecule has 144 valence electrons. The van der Waals surface area contributed by atoms with Crippen LogP contribution in [0.1, 0.15) is 43.7 Å². The predicted octanol–water partition coefficient (Wildman–Crippen LogP) is 3.74. The molecule has 1 amide bonds. The second-order valence-electron chi connectivity index (χ2n) is 6.76. The molecule has 2 aromatic carbocycles. The molecule has 5 heteroatoms. The van der Waals surface area contributed by atoms with E-state index in [2.05, 4.69) is 5.32 Å². The highest BCUT2D eigenvalue weighted by atomic mass is 16.5. The van der Waals surface area contributed by atoms with Gasteiger partial charge in [-0.25, -0.2) is 0 Å². The maximum atomic E-state index is 12.4. The molecular formula is C22H27NO4. The van der Waals surface area contributed by atoms with Crippen LogP contribution >= 0.6 is 0 Å². The van der Waals surface area contributed by atoms with Gasteiger partial charge >= 0.3 is 5.97 Å². The van der Waals surface area contributed by atoms with Gasteiger partial charge in [-0.2, -0.15) is 0 Å². The van der Waals surface area contributed by atoms with Crippen molar-refractivity contribution in [1.29, 1.82) is 0 Å². The predicted molar refractivity (Wildman–Crippen MR) is 105 cm³/mol. The van der Waals surface area contributed by atoms with Gasteiger partial charge < -0.3 is 15.2 Å². The van der Waals surface area contributed by atoms with Gasteiger partial charge in [0.2, 0.25) is 5.91 Å². The Morgan fingerprint density at radius 1 is 1.11 bits per heavy atom. The number of carbonyl (C=O) groups excluding carboxylic acids is 1. The van der Waals surface area contributed by atoms with Crippen LogP contribution in [0.5, 0.6) is 5.75 Å². The van der Waals surface area contributed by atoms with Crippen molar-refractivity contribution in [1.82, 2.24) is 5.32 Å². The Kier molecular flexibility index (Phi) is 6.99. The zero-order valence-corrected chi connectivity index (χ0v) is 16.1. The molecule has 2 atom stereocenters. The normalized spacial score (nSPS) is 14.0. The topological polar surface area (TPSA) is 75.6 Å². The van der Waals surface area contributed by atoms with Crippen molar-refractivity contribution < 1.29 is 19.4 Å². The van der Waals surface area contributed by atoms with E-state index in [0.717, 1.165) is 11.3 Å². The van der Waals surface area contributed by atoms with Crippen molar-refractivity contribution in [3.05, 3.63) is 65.7 Å². The van der Waals surface area contributed by atoms with E-state index in [1.807, 2.05) is 56.3 Å². The number of benzene rings is 2. The smallest absolute Gasteiger partial charge is 0.315 e. The van der Waals surface area contributed by atoms with E-state index in [1.54, 1.807) is 19.2 Å². The number of methoxy groups -OCH3 is 1. The highest BCUT2D eigenvalue weighted by molar-refractivity contribution is 5.83. The third kappa shape index (κ3) is 4.88. The lowest BCUT2D eigenvalue weighted by atomic mass is 9.78. The second kappa shape index (κ2) is 9.21.